The smallest absolute Gasteiger partial charge is 0.132 e. The van der Waals surface area contributed by atoms with Crippen LogP contribution in [0, 0.1) is 5.92 Å². The van der Waals surface area contributed by atoms with Crippen molar-refractivity contribution in [3.05, 3.63) is 0 Å². The molecule has 0 aromatic carbocycles. The van der Waals surface area contributed by atoms with E-state index in [9.17, 15) is 0 Å². The molecule has 0 spiro atoms. The third-order valence-electron chi connectivity index (χ3n) is 2.21. The molecule has 0 aromatic heterocycles. The first kappa shape index (κ1) is 10.8. The van der Waals surface area contributed by atoms with Gasteiger partial charge < -0.3 is 0 Å². The van der Waals surface area contributed by atoms with Gasteiger partial charge in [0.15, 0.2) is 0 Å². The zero-order chi connectivity index (χ0) is 9.84. The van der Waals surface area contributed by atoms with Crippen molar-refractivity contribution < 1.29 is 0 Å². The van der Waals surface area contributed by atoms with E-state index >= 15 is 0 Å². The molecule has 1 aliphatic heterocycles. The van der Waals surface area contributed by atoms with Crippen molar-refractivity contribution in [2.45, 2.75) is 39.8 Å². The van der Waals surface area contributed by atoms with Crippen molar-refractivity contribution in [1.82, 2.24) is 8.93 Å². The van der Waals surface area contributed by atoms with Crippen LogP contribution < -0.4 is 0 Å². The van der Waals surface area contributed by atoms with Crippen LogP contribution in [0.1, 0.15) is 33.6 Å². The van der Waals surface area contributed by atoms with Crippen LogP contribution in [0.25, 0.3) is 0 Å². The Morgan fingerprint density at radius 1 is 1.54 bits per heavy atom. The molecule has 0 bridgehead atoms. The van der Waals surface area contributed by atoms with Gasteiger partial charge >= 0.3 is 0 Å². The number of rotatable bonds is 4. The van der Waals surface area contributed by atoms with Crippen LogP contribution in [0.2, 0.25) is 0 Å². The summed E-state index contributed by atoms with van der Waals surface area (Å²) in [6, 6.07) is 0. The molecule has 1 unspecified atom stereocenters. The fourth-order valence-electron chi connectivity index (χ4n) is 1.52. The first-order valence-corrected chi connectivity index (χ1v) is 5.62. The van der Waals surface area contributed by atoms with Gasteiger partial charge in [-0.15, -0.1) is 0 Å². The third-order valence-corrected chi connectivity index (χ3v) is 2.81. The molecule has 13 heavy (non-hydrogen) atoms. The number of halogens is 1. The van der Waals surface area contributed by atoms with E-state index in [-0.39, 0.29) is 0 Å². The standard InChI is InChI=1S/C9H18BrN3/c1-4-5-6-13-9(8(2)3)12(10)7-11-13/h7-9H,4-6H2,1-3H3. The zero-order valence-corrected chi connectivity index (χ0v) is 10.2. The minimum Gasteiger partial charge on any atom is -0.274 e. The molecule has 3 nitrogen and oxygen atoms in total. The molecule has 0 aliphatic carbocycles. The molecule has 4 heteroatoms. The number of hydrogen-bond acceptors (Lipinski definition) is 3. The van der Waals surface area contributed by atoms with Crippen molar-refractivity contribution in [1.29, 1.82) is 0 Å². The Kier molecular flexibility index (Phi) is 4.03. The fourth-order valence-corrected chi connectivity index (χ4v) is 2.28. The van der Waals surface area contributed by atoms with Gasteiger partial charge in [0.2, 0.25) is 0 Å². The number of nitrogens with zero attached hydrogens (tertiary/aromatic N) is 3. The molecule has 0 saturated heterocycles. The maximum Gasteiger partial charge on any atom is 0.132 e. The van der Waals surface area contributed by atoms with Crippen molar-refractivity contribution in [3.63, 3.8) is 0 Å². The highest BCUT2D eigenvalue weighted by molar-refractivity contribution is 9.07. The van der Waals surface area contributed by atoms with Gasteiger partial charge in [0.1, 0.15) is 12.5 Å². The topological polar surface area (TPSA) is 18.8 Å². The van der Waals surface area contributed by atoms with Crippen molar-refractivity contribution in [2.75, 3.05) is 6.54 Å². The normalized spacial score (nSPS) is 22.1. The van der Waals surface area contributed by atoms with Crippen LogP contribution in [0.5, 0.6) is 0 Å². The van der Waals surface area contributed by atoms with Gasteiger partial charge in [-0.3, -0.25) is 8.93 Å². The number of hydrogen-bond donors (Lipinski definition) is 0. The van der Waals surface area contributed by atoms with E-state index in [1.165, 1.54) is 12.8 Å². The van der Waals surface area contributed by atoms with E-state index < -0.39 is 0 Å². The molecule has 0 saturated carbocycles. The molecule has 0 aromatic rings. The van der Waals surface area contributed by atoms with Gasteiger partial charge in [0.05, 0.1) is 16.1 Å². The summed E-state index contributed by atoms with van der Waals surface area (Å²) in [6.07, 6.45) is 4.66. The highest BCUT2D eigenvalue weighted by Gasteiger charge is 2.28. The van der Waals surface area contributed by atoms with Crippen LogP contribution in [0.3, 0.4) is 0 Å². The fraction of sp³-hybridized carbons (Fsp3) is 0.889. The quantitative estimate of drug-likeness (QED) is 0.712. The van der Waals surface area contributed by atoms with Gasteiger partial charge in [0, 0.05) is 6.54 Å². The molecule has 1 aliphatic rings. The predicted octanol–water partition coefficient (Wildman–Crippen LogP) is 2.64. The monoisotopic (exact) mass is 247 g/mol. The van der Waals surface area contributed by atoms with Gasteiger partial charge in [-0.25, -0.2) is 0 Å². The van der Waals surface area contributed by atoms with E-state index in [0.29, 0.717) is 12.1 Å². The van der Waals surface area contributed by atoms with Crippen LogP contribution in [-0.2, 0) is 0 Å². The molecule has 0 radical (unpaired) electrons. The van der Waals surface area contributed by atoms with E-state index in [1.807, 2.05) is 10.3 Å². The second-order valence-electron chi connectivity index (χ2n) is 3.75. The van der Waals surface area contributed by atoms with Gasteiger partial charge in [-0.05, 0) is 12.3 Å². The van der Waals surface area contributed by atoms with Gasteiger partial charge in [-0.1, -0.05) is 27.2 Å². The Labute approximate surface area is 89.1 Å². The summed E-state index contributed by atoms with van der Waals surface area (Å²) in [7, 11) is 0. The van der Waals surface area contributed by atoms with Gasteiger partial charge in [0.25, 0.3) is 0 Å². The van der Waals surface area contributed by atoms with Crippen LogP contribution >= 0.6 is 16.1 Å². The van der Waals surface area contributed by atoms with Crippen molar-refractivity contribution in [3.8, 4) is 0 Å². The minimum atomic E-state index is 0.381. The summed E-state index contributed by atoms with van der Waals surface area (Å²) in [5.74, 6) is 0.582. The predicted molar refractivity (Wildman–Crippen MR) is 59.5 cm³/mol. The summed E-state index contributed by atoms with van der Waals surface area (Å²) in [5, 5.41) is 6.50. The average Bonchev–Trinajstić information content (AvgIpc) is 2.43. The van der Waals surface area contributed by atoms with Crippen LogP contribution in [0.4, 0.5) is 0 Å². The van der Waals surface area contributed by atoms with Crippen molar-refractivity contribution >= 4 is 22.5 Å². The second kappa shape index (κ2) is 4.84. The summed E-state index contributed by atoms with van der Waals surface area (Å²) < 4.78 is 2.01. The zero-order valence-electron chi connectivity index (χ0n) is 8.57. The molecule has 0 fully saturated rings. The summed E-state index contributed by atoms with van der Waals surface area (Å²) in [4.78, 5) is 0. The molecule has 0 N–H and O–H groups in total. The highest BCUT2D eigenvalue weighted by Crippen LogP contribution is 2.22. The highest BCUT2D eigenvalue weighted by atomic mass is 79.9. The van der Waals surface area contributed by atoms with E-state index in [4.69, 9.17) is 0 Å². The molecular formula is C9H18BrN3. The minimum absolute atomic E-state index is 0.381. The Hall–Kier alpha value is -0.250. The summed E-state index contributed by atoms with van der Waals surface area (Å²) in [6.45, 7) is 7.69. The largest absolute Gasteiger partial charge is 0.274 e. The van der Waals surface area contributed by atoms with E-state index in [2.05, 4.69) is 47.0 Å². The SMILES string of the molecule is CCCCN1N=CN(Br)C1C(C)C. The van der Waals surface area contributed by atoms with Crippen LogP contribution in [0.15, 0.2) is 5.10 Å². The lowest BCUT2D eigenvalue weighted by molar-refractivity contribution is 0.135. The lowest BCUT2D eigenvalue weighted by atomic mass is 10.1. The molecular weight excluding hydrogens is 230 g/mol. The maximum absolute atomic E-state index is 4.34. The molecule has 76 valence electrons. The lowest BCUT2D eigenvalue weighted by Gasteiger charge is -2.29. The first-order valence-electron chi connectivity index (χ1n) is 4.91. The molecule has 0 amide bonds. The Morgan fingerprint density at radius 2 is 2.23 bits per heavy atom. The molecule has 1 rings (SSSR count). The molecule has 1 heterocycles. The summed E-state index contributed by atoms with van der Waals surface area (Å²) >= 11 is 3.48. The number of unbranched alkanes of at least 4 members (excludes halogenated alkanes) is 1. The number of hydrazone groups is 1. The van der Waals surface area contributed by atoms with Crippen molar-refractivity contribution in [2.24, 2.45) is 11.0 Å². The average molecular weight is 248 g/mol. The Balaban J connectivity index is 2.48. The first-order chi connectivity index (χ1) is 6.16. The van der Waals surface area contributed by atoms with Gasteiger partial charge in [-0.2, -0.15) is 5.10 Å². The summed E-state index contributed by atoms with van der Waals surface area (Å²) in [5.41, 5.74) is 0. The van der Waals surface area contributed by atoms with Crippen LogP contribution in [-0.4, -0.2) is 28.0 Å². The molecule has 1 atom stereocenters. The Morgan fingerprint density at radius 3 is 2.77 bits per heavy atom. The second-order valence-corrected chi connectivity index (χ2v) is 4.57. The maximum atomic E-state index is 4.34. The third kappa shape index (κ3) is 2.59. The lowest BCUT2D eigenvalue weighted by Crippen LogP contribution is -2.39. The van der Waals surface area contributed by atoms with E-state index in [0.717, 1.165) is 6.54 Å². The Bertz CT molecular complexity index is 182. The van der Waals surface area contributed by atoms with E-state index in [1.54, 1.807) is 0 Å².